The summed E-state index contributed by atoms with van der Waals surface area (Å²) in [7, 11) is 0. The molecule has 2 fully saturated rings. The molecule has 0 saturated carbocycles. The van der Waals surface area contributed by atoms with Crippen molar-refractivity contribution in [3.63, 3.8) is 0 Å². The number of anilines is 1. The van der Waals surface area contributed by atoms with Crippen molar-refractivity contribution in [2.45, 2.75) is 141 Å². The van der Waals surface area contributed by atoms with E-state index in [0.717, 1.165) is 37.7 Å². The molecule has 49 heavy (non-hydrogen) atoms. The number of fused-ring (bicyclic) bond motifs is 1. The number of nitrogens with one attached hydrogen (secondary N) is 2. The van der Waals surface area contributed by atoms with E-state index < -0.39 is 40.7 Å². The number of guanidine groups is 1. The van der Waals surface area contributed by atoms with Crippen LogP contribution in [0.4, 0.5) is 5.69 Å². The second kappa shape index (κ2) is 20.0. The number of aryl methyl sites for hydroxylation is 1. The minimum absolute atomic E-state index is 0.238. The van der Waals surface area contributed by atoms with Crippen molar-refractivity contribution in [1.29, 1.82) is 0 Å². The normalized spacial score (nSPS) is 19.5. The van der Waals surface area contributed by atoms with Gasteiger partial charge >= 0.3 is 11.9 Å². The molecule has 0 spiro atoms. The highest BCUT2D eigenvalue weighted by molar-refractivity contribution is 5.91. The number of hydrogen-bond donors (Lipinski definition) is 3. The van der Waals surface area contributed by atoms with Crippen LogP contribution in [0.5, 0.6) is 0 Å². The molecule has 1 aromatic rings. The second-order valence-corrected chi connectivity index (χ2v) is 14.0. The molecule has 3 atom stereocenters. The molecule has 0 radical (unpaired) electrons. The van der Waals surface area contributed by atoms with Gasteiger partial charge in [0.15, 0.2) is 5.03 Å². The molecule has 2 heterocycles. The van der Waals surface area contributed by atoms with Crippen molar-refractivity contribution >= 4 is 29.5 Å². The van der Waals surface area contributed by atoms with Gasteiger partial charge in [0.1, 0.15) is 22.8 Å². The molecule has 4 N–H and O–H groups in total. The summed E-state index contributed by atoms with van der Waals surface area (Å²) >= 11 is 0. The number of ether oxygens (including phenoxy) is 2. The highest BCUT2D eigenvalue weighted by Gasteiger charge is 2.44. The standard InChI is InChI=1S/C35H57N7O7/c1-5-6-7-8-9-10-11-12-25-48-32(44)29(22-19-26-17-20-27(21-18-26)37-34(36)39-42(46)47)38-28-15-13-23-40-24-14-16-30(41(40)31(28)43)33(45)49-35(2,3)4/h17-18,20-21,28-30,38H,5-16,19,22-25H2,1-4H3,(H3,36,37,39)/t28-,29-,30-/m0/s1. The van der Waals surface area contributed by atoms with Crippen LogP contribution >= 0.6 is 0 Å². The molecular formula is C35H57N7O7. The maximum absolute atomic E-state index is 14.1. The van der Waals surface area contributed by atoms with Gasteiger partial charge in [-0.2, -0.15) is 0 Å². The first-order chi connectivity index (χ1) is 23.4. The van der Waals surface area contributed by atoms with Crippen LogP contribution in [0.1, 0.15) is 117 Å². The van der Waals surface area contributed by atoms with E-state index in [1.54, 1.807) is 17.1 Å². The summed E-state index contributed by atoms with van der Waals surface area (Å²) in [6.07, 6.45) is 12.5. The van der Waals surface area contributed by atoms with Crippen LogP contribution in [0.2, 0.25) is 0 Å². The second-order valence-electron chi connectivity index (χ2n) is 14.0. The molecule has 1 amide bonds. The van der Waals surface area contributed by atoms with E-state index in [2.05, 4.69) is 22.7 Å². The number of unbranched alkanes of at least 4 members (excludes halogenated alkanes) is 7. The topological polar surface area (TPSA) is 182 Å². The quantitative estimate of drug-likeness (QED) is 0.0477. The van der Waals surface area contributed by atoms with E-state index in [1.165, 1.54) is 32.1 Å². The Kier molecular flexibility index (Phi) is 16.2. The van der Waals surface area contributed by atoms with Crippen molar-refractivity contribution in [3.05, 3.63) is 39.9 Å². The molecule has 0 unspecified atom stereocenters. The number of benzene rings is 1. The number of esters is 2. The Morgan fingerprint density at radius 3 is 2.31 bits per heavy atom. The molecule has 3 rings (SSSR count). The zero-order valence-corrected chi connectivity index (χ0v) is 29.8. The van der Waals surface area contributed by atoms with E-state index in [4.69, 9.17) is 15.2 Å². The summed E-state index contributed by atoms with van der Waals surface area (Å²) in [6, 6.07) is 4.96. The summed E-state index contributed by atoms with van der Waals surface area (Å²) < 4.78 is 11.5. The minimum atomic E-state index is -0.878. The summed E-state index contributed by atoms with van der Waals surface area (Å²) in [6.45, 7) is 9.27. The third kappa shape index (κ3) is 13.9. The number of nitrogens with zero attached hydrogens (tertiary/aromatic N) is 4. The summed E-state index contributed by atoms with van der Waals surface area (Å²) in [5, 5.41) is 22.3. The lowest BCUT2D eigenvalue weighted by molar-refractivity contribution is -0.485. The third-order valence-electron chi connectivity index (χ3n) is 8.67. The first kappa shape index (κ1) is 39.7. The fraction of sp³-hybridized carbons (Fsp3) is 0.714. The summed E-state index contributed by atoms with van der Waals surface area (Å²) in [5.74, 6) is -1.40. The predicted octanol–water partition coefficient (Wildman–Crippen LogP) is 4.89. The Labute approximate surface area is 290 Å². The Hall–Kier alpha value is -3.78. The number of carbonyl (C=O) groups is 3. The Bertz CT molecular complexity index is 1250. The SMILES string of the molecule is CCCCCCCCCCOC(=O)[C@H](CCc1ccc(NC(N)=N[N+](=O)[O-])cc1)N[C@H]1CCCN2CCC[C@@H](C(=O)OC(C)(C)C)N2C1=O. The minimum Gasteiger partial charge on any atom is -0.465 e. The van der Waals surface area contributed by atoms with Gasteiger partial charge in [0.2, 0.25) is 0 Å². The first-order valence-electron chi connectivity index (χ1n) is 18.0. The maximum atomic E-state index is 14.1. The third-order valence-corrected chi connectivity index (χ3v) is 8.67. The molecule has 0 aliphatic carbocycles. The summed E-state index contributed by atoms with van der Waals surface area (Å²) in [5.41, 5.74) is 6.31. The van der Waals surface area contributed by atoms with Crippen molar-refractivity contribution in [2.24, 2.45) is 10.8 Å². The lowest BCUT2D eigenvalue weighted by atomic mass is 10.0. The Morgan fingerprint density at radius 2 is 1.67 bits per heavy atom. The molecule has 0 aromatic heterocycles. The van der Waals surface area contributed by atoms with Gasteiger partial charge in [-0.3, -0.25) is 19.9 Å². The van der Waals surface area contributed by atoms with Crippen LogP contribution < -0.4 is 16.4 Å². The number of carbonyl (C=O) groups excluding carboxylic acids is 3. The Balaban J connectivity index is 1.69. The largest absolute Gasteiger partial charge is 0.465 e. The zero-order chi connectivity index (χ0) is 35.8. The van der Waals surface area contributed by atoms with Gasteiger partial charge in [-0.05, 0) is 83.4 Å². The maximum Gasteiger partial charge on any atom is 0.331 e. The van der Waals surface area contributed by atoms with Crippen molar-refractivity contribution in [3.8, 4) is 0 Å². The van der Waals surface area contributed by atoms with Gasteiger partial charge in [0.05, 0.1) is 12.6 Å². The van der Waals surface area contributed by atoms with Crippen molar-refractivity contribution in [1.82, 2.24) is 15.3 Å². The van der Waals surface area contributed by atoms with E-state index in [9.17, 15) is 24.5 Å². The molecule has 0 bridgehead atoms. The molecule has 2 aliphatic heterocycles. The molecule has 274 valence electrons. The first-order valence-corrected chi connectivity index (χ1v) is 18.0. The fourth-order valence-electron chi connectivity index (χ4n) is 6.26. The van der Waals surface area contributed by atoms with Crippen LogP contribution in [0.15, 0.2) is 29.4 Å². The highest BCUT2D eigenvalue weighted by atomic mass is 16.7. The number of nitrogens with two attached hydrogens (primary N) is 1. The smallest absolute Gasteiger partial charge is 0.331 e. The van der Waals surface area contributed by atoms with E-state index >= 15 is 0 Å². The van der Waals surface area contributed by atoms with Gasteiger partial charge in [-0.15, -0.1) is 0 Å². The van der Waals surface area contributed by atoms with Gasteiger partial charge in [0.25, 0.3) is 11.9 Å². The van der Waals surface area contributed by atoms with Gasteiger partial charge in [0, 0.05) is 18.8 Å². The molecule has 2 saturated heterocycles. The van der Waals surface area contributed by atoms with E-state index in [1.807, 2.05) is 37.9 Å². The highest BCUT2D eigenvalue weighted by Crippen LogP contribution is 2.26. The number of nitro groups is 1. The molecule has 14 nitrogen and oxygen atoms in total. The van der Waals surface area contributed by atoms with Crippen LogP contribution in [0, 0.1) is 10.1 Å². The Morgan fingerprint density at radius 1 is 1.04 bits per heavy atom. The van der Waals surface area contributed by atoms with Crippen LogP contribution in [-0.4, -0.2) is 82.3 Å². The van der Waals surface area contributed by atoms with Gasteiger partial charge in [-0.25, -0.2) is 19.9 Å². The van der Waals surface area contributed by atoms with Gasteiger partial charge in [-0.1, -0.05) is 64.0 Å². The van der Waals surface area contributed by atoms with Crippen molar-refractivity contribution < 1.29 is 28.9 Å². The van der Waals surface area contributed by atoms with E-state index in [-0.39, 0.29) is 11.9 Å². The summed E-state index contributed by atoms with van der Waals surface area (Å²) in [4.78, 5) is 51.4. The molecule has 2 aliphatic rings. The molecule has 1 aromatic carbocycles. The average Bonchev–Trinajstić information content (AvgIpc) is 3.19. The van der Waals surface area contributed by atoms with Crippen LogP contribution in [0.25, 0.3) is 0 Å². The number of hydrazine groups is 1. The molecular weight excluding hydrogens is 630 g/mol. The lowest BCUT2D eigenvalue weighted by Gasteiger charge is -2.43. The van der Waals surface area contributed by atoms with Gasteiger partial charge < -0.3 is 20.5 Å². The van der Waals surface area contributed by atoms with E-state index in [0.29, 0.717) is 51.1 Å². The lowest BCUT2D eigenvalue weighted by Crippen LogP contribution is -2.62. The van der Waals surface area contributed by atoms with Crippen LogP contribution in [0.3, 0.4) is 0 Å². The van der Waals surface area contributed by atoms with Crippen molar-refractivity contribution in [2.75, 3.05) is 25.0 Å². The number of hydrogen-bond acceptors (Lipinski definition) is 9. The number of amides is 1. The average molecular weight is 688 g/mol. The predicted molar refractivity (Wildman–Crippen MR) is 188 cm³/mol. The zero-order valence-electron chi connectivity index (χ0n) is 29.8. The monoisotopic (exact) mass is 687 g/mol. The fourth-order valence-corrected chi connectivity index (χ4v) is 6.26. The number of hydrazone groups is 1. The number of rotatable bonds is 18. The molecule has 14 heteroatoms. The van der Waals surface area contributed by atoms with Crippen LogP contribution in [-0.2, 0) is 30.3 Å².